The molecule has 8 heteroatoms. The van der Waals surface area contributed by atoms with E-state index >= 15 is 0 Å². The minimum atomic E-state index is -0.265. The van der Waals surface area contributed by atoms with Gasteiger partial charge in [-0.3, -0.25) is 14.6 Å². The summed E-state index contributed by atoms with van der Waals surface area (Å²) in [5, 5.41) is 5.65. The lowest BCUT2D eigenvalue weighted by Crippen LogP contribution is -2.14. The molecule has 0 spiro atoms. The van der Waals surface area contributed by atoms with Crippen LogP contribution in [0.3, 0.4) is 0 Å². The van der Waals surface area contributed by atoms with E-state index in [9.17, 15) is 9.59 Å². The highest BCUT2D eigenvalue weighted by Crippen LogP contribution is 2.19. The molecule has 0 unspecified atom stereocenters. The maximum Gasteiger partial charge on any atom is 0.255 e. The molecule has 2 N–H and O–H groups in total. The normalized spacial score (nSPS) is 10.4. The number of pyridine rings is 1. The van der Waals surface area contributed by atoms with E-state index in [0.29, 0.717) is 34.9 Å². The second-order valence-electron chi connectivity index (χ2n) is 6.99. The second kappa shape index (κ2) is 9.57. The molecule has 0 aliphatic rings. The molecule has 0 atom stereocenters. The van der Waals surface area contributed by atoms with Crippen molar-refractivity contribution < 1.29 is 14.3 Å². The fourth-order valence-corrected chi connectivity index (χ4v) is 2.97. The maximum atomic E-state index is 12.6. The highest BCUT2D eigenvalue weighted by Gasteiger charge is 2.09. The number of benzene rings is 2. The third-order valence-corrected chi connectivity index (χ3v) is 4.73. The molecule has 2 amide bonds. The molecule has 0 aliphatic heterocycles. The van der Waals surface area contributed by atoms with Gasteiger partial charge in [-0.05, 0) is 54.6 Å². The number of carbonyl (C=O) groups excluding carboxylic acids is 2. The molecule has 160 valence electrons. The maximum absolute atomic E-state index is 12.6. The Kier molecular flexibility index (Phi) is 6.22. The molecule has 0 radical (unpaired) electrons. The third kappa shape index (κ3) is 5.17. The van der Waals surface area contributed by atoms with Crippen molar-refractivity contribution >= 4 is 23.2 Å². The van der Waals surface area contributed by atoms with Crippen molar-refractivity contribution in [1.29, 1.82) is 0 Å². The summed E-state index contributed by atoms with van der Waals surface area (Å²) >= 11 is 0. The first-order valence-electron chi connectivity index (χ1n) is 9.90. The van der Waals surface area contributed by atoms with Crippen molar-refractivity contribution in [1.82, 2.24) is 14.5 Å². The minimum Gasteiger partial charge on any atom is -0.486 e. The molecular weight excluding hydrogens is 406 g/mol. The van der Waals surface area contributed by atoms with Crippen LogP contribution in [0.2, 0.25) is 0 Å². The standard InChI is InChI=1S/C24H21N5O3/c1-29-14-13-26-22(29)16-32-21-7-5-17(6-8-21)23(30)27-19-3-2-4-20(15-19)28-24(31)18-9-11-25-12-10-18/h2-15H,16H2,1H3,(H,27,30)(H,28,31). The number of anilines is 2. The molecule has 32 heavy (non-hydrogen) atoms. The van der Waals surface area contributed by atoms with Crippen LogP contribution in [0.4, 0.5) is 11.4 Å². The Hall–Kier alpha value is -4.46. The van der Waals surface area contributed by atoms with Crippen LogP contribution in [0, 0.1) is 0 Å². The molecule has 4 aromatic rings. The number of carbonyl (C=O) groups is 2. The molecule has 0 bridgehead atoms. The summed E-state index contributed by atoms with van der Waals surface area (Å²) in [5.74, 6) is 0.934. The van der Waals surface area contributed by atoms with Crippen LogP contribution in [0.1, 0.15) is 26.5 Å². The van der Waals surface area contributed by atoms with Crippen molar-refractivity contribution in [2.24, 2.45) is 7.05 Å². The molecular formula is C24H21N5O3. The predicted molar refractivity (Wildman–Crippen MR) is 121 cm³/mol. The van der Waals surface area contributed by atoms with E-state index in [1.807, 2.05) is 17.8 Å². The van der Waals surface area contributed by atoms with Crippen LogP contribution in [-0.4, -0.2) is 26.3 Å². The van der Waals surface area contributed by atoms with E-state index in [1.54, 1.807) is 79.3 Å². The number of nitrogens with zero attached hydrogens (tertiary/aromatic N) is 3. The molecule has 0 saturated carbocycles. The summed E-state index contributed by atoms with van der Waals surface area (Å²) in [6.45, 7) is 0.340. The number of nitrogens with one attached hydrogen (secondary N) is 2. The number of hydrogen-bond donors (Lipinski definition) is 2. The lowest BCUT2D eigenvalue weighted by molar-refractivity contribution is 0.101. The van der Waals surface area contributed by atoms with Gasteiger partial charge in [0.2, 0.25) is 0 Å². The van der Waals surface area contributed by atoms with E-state index in [1.165, 1.54) is 0 Å². The van der Waals surface area contributed by atoms with E-state index in [2.05, 4.69) is 20.6 Å². The average molecular weight is 427 g/mol. The fourth-order valence-electron chi connectivity index (χ4n) is 2.97. The summed E-state index contributed by atoms with van der Waals surface area (Å²) in [6, 6.07) is 17.1. The zero-order chi connectivity index (χ0) is 22.3. The molecule has 2 aromatic heterocycles. The van der Waals surface area contributed by atoms with E-state index in [4.69, 9.17) is 4.74 Å². The van der Waals surface area contributed by atoms with E-state index < -0.39 is 0 Å². The van der Waals surface area contributed by atoms with Crippen LogP contribution in [0.5, 0.6) is 5.75 Å². The van der Waals surface area contributed by atoms with Crippen LogP contribution in [0.15, 0.2) is 85.5 Å². The Morgan fingerprint density at radius 3 is 2.09 bits per heavy atom. The van der Waals surface area contributed by atoms with Gasteiger partial charge in [-0.25, -0.2) is 4.98 Å². The summed E-state index contributed by atoms with van der Waals surface area (Å²) in [4.78, 5) is 33.0. The van der Waals surface area contributed by atoms with Crippen LogP contribution in [-0.2, 0) is 13.7 Å². The lowest BCUT2D eigenvalue weighted by atomic mass is 10.2. The Labute approximate surface area is 184 Å². The van der Waals surface area contributed by atoms with Crippen molar-refractivity contribution in [2.45, 2.75) is 6.61 Å². The van der Waals surface area contributed by atoms with Gasteiger partial charge in [0, 0.05) is 54.3 Å². The zero-order valence-electron chi connectivity index (χ0n) is 17.4. The number of aromatic nitrogens is 3. The van der Waals surface area contributed by atoms with E-state index in [-0.39, 0.29) is 11.8 Å². The quantitative estimate of drug-likeness (QED) is 0.466. The third-order valence-electron chi connectivity index (χ3n) is 4.73. The number of aryl methyl sites for hydroxylation is 1. The van der Waals surface area contributed by atoms with Crippen molar-refractivity contribution in [3.05, 3.63) is 102 Å². The first-order chi connectivity index (χ1) is 15.6. The molecule has 8 nitrogen and oxygen atoms in total. The monoisotopic (exact) mass is 427 g/mol. The smallest absolute Gasteiger partial charge is 0.255 e. The summed E-state index contributed by atoms with van der Waals surface area (Å²) in [5.41, 5.74) is 2.13. The van der Waals surface area contributed by atoms with Gasteiger partial charge in [-0.15, -0.1) is 0 Å². The molecule has 2 heterocycles. The molecule has 0 saturated heterocycles. The van der Waals surface area contributed by atoms with Gasteiger partial charge >= 0.3 is 0 Å². The Balaban J connectivity index is 1.35. The predicted octanol–water partition coefficient (Wildman–Crippen LogP) is 3.90. The zero-order valence-corrected chi connectivity index (χ0v) is 17.4. The van der Waals surface area contributed by atoms with Crippen LogP contribution in [0.25, 0.3) is 0 Å². The van der Waals surface area contributed by atoms with Crippen molar-refractivity contribution in [3.8, 4) is 5.75 Å². The second-order valence-corrected chi connectivity index (χ2v) is 6.99. The number of hydrogen-bond acceptors (Lipinski definition) is 5. The molecule has 2 aromatic carbocycles. The van der Waals surface area contributed by atoms with E-state index in [0.717, 1.165) is 5.82 Å². The summed E-state index contributed by atoms with van der Waals surface area (Å²) < 4.78 is 7.60. The van der Waals surface area contributed by atoms with Crippen molar-refractivity contribution in [3.63, 3.8) is 0 Å². The topological polar surface area (TPSA) is 98.1 Å². The largest absolute Gasteiger partial charge is 0.486 e. The van der Waals surface area contributed by atoms with Gasteiger partial charge in [0.15, 0.2) is 0 Å². The van der Waals surface area contributed by atoms with Gasteiger partial charge in [0.25, 0.3) is 11.8 Å². The molecule has 0 fully saturated rings. The average Bonchev–Trinajstić information content (AvgIpc) is 3.23. The number of amides is 2. The number of rotatable bonds is 7. The molecule has 4 rings (SSSR count). The van der Waals surface area contributed by atoms with Crippen LogP contribution >= 0.6 is 0 Å². The Morgan fingerprint density at radius 2 is 1.50 bits per heavy atom. The lowest BCUT2D eigenvalue weighted by Gasteiger charge is -2.10. The highest BCUT2D eigenvalue weighted by molar-refractivity contribution is 6.06. The van der Waals surface area contributed by atoms with Gasteiger partial charge in [-0.2, -0.15) is 0 Å². The number of imidazole rings is 1. The fraction of sp³-hybridized carbons (Fsp3) is 0.0833. The summed E-state index contributed by atoms with van der Waals surface area (Å²) in [6.07, 6.45) is 6.68. The molecule has 0 aliphatic carbocycles. The Morgan fingerprint density at radius 1 is 0.875 bits per heavy atom. The van der Waals surface area contributed by atoms with Gasteiger partial charge in [-0.1, -0.05) is 6.07 Å². The first-order valence-corrected chi connectivity index (χ1v) is 9.90. The van der Waals surface area contributed by atoms with Crippen molar-refractivity contribution in [2.75, 3.05) is 10.6 Å². The first kappa shape index (κ1) is 20.8. The van der Waals surface area contributed by atoms with Gasteiger partial charge < -0.3 is 19.9 Å². The summed E-state index contributed by atoms with van der Waals surface area (Å²) in [7, 11) is 1.90. The van der Waals surface area contributed by atoms with Gasteiger partial charge in [0.05, 0.1) is 0 Å². The highest BCUT2D eigenvalue weighted by atomic mass is 16.5. The van der Waals surface area contributed by atoms with Crippen LogP contribution < -0.4 is 15.4 Å². The SMILES string of the molecule is Cn1ccnc1COc1ccc(C(=O)Nc2cccc(NC(=O)c3ccncc3)c2)cc1. The minimum absolute atomic E-state index is 0.253. The Bertz CT molecular complexity index is 1220. The van der Waals surface area contributed by atoms with Gasteiger partial charge in [0.1, 0.15) is 18.2 Å². The number of ether oxygens (including phenoxy) is 1.